The summed E-state index contributed by atoms with van der Waals surface area (Å²) >= 11 is 0. The average molecular weight is 222 g/mol. The Hall–Kier alpha value is -0.940. The molecular weight excluding hydrogens is 204 g/mol. The van der Waals surface area contributed by atoms with Crippen LogP contribution in [0.15, 0.2) is 6.20 Å². The first-order valence-electron chi connectivity index (χ1n) is 6.04. The predicted molar refractivity (Wildman–Crippen MR) is 59.0 cm³/mol. The molecule has 0 bridgehead atoms. The SMILES string of the molecule is Cc1cnnn1C[C@@H]1CC[C@H]2NCCO[C@H]12. The third kappa shape index (κ3) is 1.74. The molecule has 0 unspecified atom stereocenters. The summed E-state index contributed by atoms with van der Waals surface area (Å²) < 4.78 is 7.87. The van der Waals surface area contributed by atoms with Crippen molar-refractivity contribution in [3.05, 3.63) is 11.9 Å². The van der Waals surface area contributed by atoms with E-state index in [-0.39, 0.29) is 0 Å². The summed E-state index contributed by atoms with van der Waals surface area (Å²) in [7, 11) is 0. The summed E-state index contributed by atoms with van der Waals surface area (Å²) in [5.41, 5.74) is 1.13. The van der Waals surface area contributed by atoms with Crippen LogP contribution in [0.25, 0.3) is 0 Å². The number of ether oxygens (including phenoxy) is 1. The summed E-state index contributed by atoms with van der Waals surface area (Å²) in [5.74, 6) is 0.582. The number of fused-ring (bicyclic) bond motifs is 1. The molecule has 0 amide bonds. The molecule has 1 aromatic rings. The maximum atomic E-state index is 5.88. The average Bonchev–Trinajstić information content (AvgIpc) is 2.88. The summed E-state index contributed by atoms with van der Waals surface area (Å²) in [6, 6.07) is 0.558. The van der Waals surface area contributed by atoms with E-state index in [1.54, 1.807) is 0 Å². The van der Waals surface area contributed by atoms with Gasteiger partial charge in [-0.2, -0.15) is 0 Å². The van der Waals surface area contributed by atoms with Crippen LogP contribution in [0, 0.1) is 12.8 Å². The molecule has 2 heterocycles. The van der Waals surface area contributed by atoms with Crippen LogP contribution in [0.4, 0.5) is 0 Å². The van der Waals surface area contributed by atoms with E-state index < -0.39 is 0 Å². The van der Waals surface area contributed by atoms with Gasteiger partial charge in [0.1, 0.15) is 0 Å². The highest BCUT2D eigenvalue weighted by atomic mass is 16.5. The van der Waals surface area contributed by atoms with Gasteiger partial charge in [-0.1, -0.05) is 5.21 Å². The Bertz CT molecular complexity index is 365. The lowest BCUT2D eigenvalue weighted by atomic mass is 10.0. The number of nitrogens with zero attached hydrogens (tertiary/aromatic N) is 3. The van der Waals surface area contributed by atoms with Gasteiger partial charge >= 0.3 is 0 Å². The second kappa shape index (κ2) is 4.14. The van der Waals surface area contributed by atoms with E-state index in [2.05, 4.69) is 15.6 Å². The molecule has 3 atom stereocenters. The van der Waals surface area contributed by atoms with Crippen LogP contribution in [0.3, 0.4) is 0 Å². The first-order valence-corrected chi connectivity index (χ1v) is 6.04. The largest absolute Gasteiger partial charge is 0.375 e. The van der Waals surface area contributed by atoms with Gasteiger partial charge in [0, 0.05) is 25.0 Å². The summed E-state index contributed by atoms with van der Waals surface area (Å²) in [5, 5.41) is 11.6. The molecule has 1 aromatic heterocycles. The van der Waals surface area contributed by atoms with E-state index in [0.717, 1.165) is 25.4 Å². The molecule has 0 spiro atoms. The summed E-state index contributed by atoms with van der Waals surface area (Å²) in [4.78, 5) is 0. The minimum Gasteiger partial charge on any atom is -0.375 e. The van der Waals surface area contributed by atoms with Crippen molar-refractivity contribution in [2.75, 3.05) is 13.2 Å². The number of aromatic nitrogens is 3. The topological polar surface area (TPSA) is 52.0 Å². The van der Waals surface area contributed by atoms with E-state index in [0.29, 0.717) is 18.1 Å². The zero-order valence-electron chi connectivity index (χ0n) is 9.59. The highest BCUT2D eigenvalue weighted by Gasteiger charge is 2.38. The van der Waals surface area contributed by atoms with E-state index in [1.807, 2.05) is 17.8 Å². The third-order valence-corrected chi connectivity index (χ3v) is 3.75. The predicted octanol–water partition coefficient (Wildman–Crippen LogP) is 0.354. The molecule has 1 aliphatic heterocycles. The maximum Gasteiger partial charge on any atom is 0.0774 e. The van der Waals surface area contributed by atoms with Crippen molar-refractivity contribution >= 4 is 0 Å². The monoisotopic (exact) mass is 222 g/mol. The van der Waals surface area contributed by atoms with Gasteiger partial charge in [0.2, 0.25) is 0 Å². The number of hydrogen-bond donors (Lipinski definition) is 1. The molecule has 0 aromatic carbocycles. The lowest BCUT2D eigenvalue weighted by Crippen LogP contribution is -2.47. The van der Waals surface area contributed by atoms with Gasteiger partial charge in [-0.05, 0) is 19.8 Å². The van der Waals surface area contributed by atoms with Crippen LogP contribution in [0.2, 0.25) is 0 Å². The molecule has 3 rings (SSSR count). The third-order valence-electron chi connectivity index (χ3n) is 3.75. The quantitative estimate of drug-likeness (QED) is 0.784. The van der Waals surface area contributed by atoms with Crippen LogP contribution >= 0.6 is 0 Å². The molecule has 5 heteroatoms. The Labute approximate surface area is 95.2 Å². The van der Waals surface area contributed by atoms with E-state index in [9.17, 15) is 0 Å². The standard InChI is InChI=1S/C11H18N4O/c1-8-6-13-14-15(8)7-9-2-3-10-11(9)16-5-4-12-10/h6,9-12H,2-5,7H2,1H3/t9-,10+,11+/m0/s1. The molecule has 2 fully saturated rings. The van der Waals surface area contributed by atoms with Crippen molar-refractivity contribution in [2.24, 2.45) is 5.92 Å². The molecule has 1 aliphatic carbocycles. The second-order valence-corrected chi connectivity index (χ2v) is 4.79. The van der Waals surface area contributed by atoms with Crippen molar-refractivity contribution in [1.82, 2.24) is 20.3 Å². The van der Waals surface area contributed by atoms with Crippen molar-refractivity contribution in [3.8, 4) is 0 Å². The lowest BCUT2D eigenvalue weighted by molar-refractivity contribution is -0.0189. The minimum atomic E-state index is 0.373. The van der Waals surface area contributed by atoms with Crippen LogP contribution in [0.5, 0.6) is 0 Å². The fourth-order valence-electron chi connectivity index (χ4n) is 2.87. The van der Waals surface area contributed by atoms with Gasteiger partial charge in [-0.3, -0.25) is 0 Å². The Morgan fingerprint density at radius 2 is 2.50 bits per heavy atom. The van der Waals surface area contributed by atoms with Crippen molar-refractivity contribution in [2.45, 2.75) is 38.5 Å². The molecule has 5 nitrogen and oxygen atoms in total. The van der Waals surface area contributed by atoms with E-state index >= 15 is 0 Å². The summed E-state index contributed by atoms with van der Waals surface area (Å²) in [6.45, 7) is 4.82. The van der Waals surface area contributed by atoms with Gasteiger partial charge in [0.15, 0.2) is 0 Å². The molecule has 1 saturated carbocycles. The minimum absolute atomic E-state index is 0.373. The second-order valence-electron chi connectivity index (χ2n) is 4.79. The Morgan fingerprint density at radius 3 is 3.31 bits per heavy atom. The molecule has 1 saturated heterocycles. The van der Waals surface area contributed by atoms with Gasteiger partial charge < -0.3 is 10.1 Å². The lowest BCUT2D eigenvalue weighted by Gasteiger charge is -2.30. The molecular formula is C11H18N4O. The van der Waals surface area contributed by atoms with Crippen molar-refractivity contribution in [1.29, 1.82) is 0 Å². The number of nitrogens with one attached hydrogen (secondary N) is 1. The number of hydrogen-bond acceptors (Lipinski definition) is 4. The zero-order chi connectivity index (χ0) is 11.0. The molecule has 16 heavy (non-hydrogen) atoms. The maximum absolute atomic E-state index is 5.88. The molecule has 1 N–H and O–H groups in total. The van der Waals surface area contributed by atoms with Crippen LogP contribution < -0.4 is 5.32 Å². The van der Waals surface area contributed by atoms with Gasteiger partial charge in [-0.15, -0.1) is 5.10 Å². The Balaban J connectivity index is 1.69. The number of morpholine rings is 1. The normalized spacial score (nSPS) is 33.9. The van der Waals surface area contributed by atoms with Crippen LogP contribution in [-0.2, 0) is 11.3 Å². The molecule has 0 radical (unpaired) electrons. The van der Waals surface area contributed by atoms with E-state index in [4.69, 9.17) is 4.74 Å². The highest BCUT2D eigenvalue weighted by Crippen LogP contribution is 2.31. The first-order chi connectivity index (χ1) is 7.84. The fraction of sp³-hybridized carbons (Fsp3) is 0.818. The van der Waals surface area contributed by atoms with Crippen LogP contribution in [-0.4, -0.2) is 40.3 Å². The van der Waals surface area contributed by atoms with Crippen molar-refractivity contribution < 1.29 is 4.74 Å². The van der Waals surface area contributed by atoms with Gasteiger partial charge in [0.25, 0.3) is 0 Å². The smallest absolute Gasteiger partial charge is 0.0774 e. The van der Waals surface area contributed by atoms with E-state index in [1.165, 1.54) is 12.8 Å². The Morgan fingerprint density at radius 1 is 1.56 bits per heavy atom. The zero-order valence-corrected chi connectivity index (χ0v) is 9.59. The Kier molecular flexibility index (Phi) is 2.65. The number of aryl methyl sites for hydroxylation is 1. The highest BCUT2D eigenvalue weighted by molar-refractivity contribution is 4.95. The van der Waals surface area contributed by atoms with Gasteiger partial charge in [-0.25, -0.2) is 4.68 Å². The first kappa shape index (κ1) is 10.2. The summed E-state index contributed by atoms with van der Waals surface area (Å²) in [6.07, 6.45) is 4.63. The molecule has 2 aliphatic rings. The molecule has 88 valence electrons. The van der Waals surface area contributed by atoms with Crippen molar-refractivity contribution in [3.63, 3.8) is 0 Å². The number of rotatable bonds is 2. The van der Waals surface area contributed by atoms with Crippen LogP contribution in [0.1, 0.15) is 18.5 Å². The fourth-order valence-corrected chi connectivity index (χ4v) is 2.87. The van der Waals surface area contributed by atoms with Gasteiger partial charge in [0.05, 0.1) is 24.6 Å².